The number of sulfonamides is 1. The molecule has 1 aromatic rings. The summed E-state index contributed by atoms with van der Waals surface area (Å²) < 4.78 is 27.8. The molecular formula is C17H17ClN2O2S. The van der Waals surface area contributed by atoms with Crippen molar-refractivity contribution in [1.82, 2.24) is 0 Å². The number of nitrogens with zero attached hydrogens (tertiary/aromatic N) is 2. The van der Waals surface area contributed by atoms with Crippen LogP contribution in [0.4, 0.5) is 5.69 Å². The number of allylic oxidation sites excluding steroid dienone is 2. The van der Waals surface area contributed by atoms with Gasteiger partial charge in [0.1, 0.15) is 6.07 Å². The second-order valence-electron chi connectivity index (χ2n) is 6.68. The maximum Gasteiger partial charge on any atom is 0.239 e. The fourth-order valence-corrected chi connectivity index (χ4v) is 7.19. The van der Waals surface area contributed by atoms with Crippen molar-refractivity contribution in [1.29, 1.82) is 5.26 Å². The van der Waals surface area contributed by atoms with Crippen LogP contribution in [-0.4, -0.2) is 20.2 Å². The largest absolute Gasteiger partial charge is 0.269 e. The van der Waals surface area contributed by atoms with E-state index in [0.717, 1.165) is 12.8 Å². The van der Waals surface area contributed by atoms with Gasteiger partial charge in [-0.25, -0.2) is 8.42 Å². The number of anilines is 1. The topological polar surface area (TPSA) is 61.2 Å². The average Bonchev–Trinajstić information content (AvgIpc) is 2.85. The highest BCUT2D eigenvalue weighted by Gasteiger charge is 2.55. The fourth-order valence-electron chi connectivity index (χ4n) is 4.44. The van der Waals surface area contributed by atoms with Gasteiger partial charge in [-0.2, -0.15) is 5.26 Å². The van der Waals surface area contributed by atoms with Crippen molar-refractivity contribution in [3.05, 3.63) is 40.4 Å². The van der Waals surface area contributed by atoms with Crippen molar-refractivity contribution in [2.24, 2.45) is 17.8 Å². The van der Waals surface area contributed by atoms with Crippen molar-refractivity contribution in [2.45, 2.75) is 25.0 Å². The van der Waals surface area contributed by atoms with Gasteiger partial charge >= 0.3 is 0 Å². The Bertz CT molecular complexity index is 856. The molecule has 0 radical (unpaired) electrons. The summed E-state index contributed by atoms with van der Waals surface area (Å²) in [5.41, 5.74) is 1.65. The lowest BCUT2D eigenvalue weighted by molar-refractivity contribution is 0.245. The molecule has 1 saturated carbocycles. The number of halogens is 1. The van der Waals surface area contributed by atoms with Gasteiger partial charge in [0.15, 0.2) is 0 Å². The molecule has 2 fully saturated rings. The Kier molecular flexibility index (Phi) is 3.26. The summed E-state index contributed by atoms with van der Waals surface area (Å²) in [6, 6.07) is 5.36. The van der Waals surface area contributed by atoms with Crippen molar-refractivity contribution in [3.8, 4) is 6.07 Å². The van der Waals surface area contributed by atoms with Crippen LogP contribution in [0.15, 0.2) is 24.3 Å². The van der Waals surface area contributed by atoms with Crippen LogP contribution < -0.4 is 4.31 Å². The summed E-state index contributed by atoms with van der Waals surface area (Å²) in [6.45, 7) is 2.30. The van der Waals surface area contributed by atoms with E-state index in [-0.39, 0.29) is 17.1 Å². The van der Waals surface area contributed by atoms with E-state index >= 15 is 0 Å². The zero-order valence-electron chi connectivity index (χ0n) is 12.7. The van der Waals surface area contributed by atoms with E-state index in [4.69, 9.17) is 16.9 Å². The Balaban J connectivity index is 1.81. The van der Waals surface area contributed by atoms with E-state index in [0.29, 0.717) is 34.3 Å². The molecule has 1 aliphatic heterocycles. The molecule has 6 heteroatoms. The average molecular weight is 349 g/mol. The van der Waals surface area contributed by atoms with Crippen molar-refractivity contribution in [3.63, 3.8) is 0 Å². The monoisotopic (exact) mass is 348 g/mol. The summed E-state index contributed by atoms with van der Waals surface area (Å²) in [4.78, 5) is 0. The SMILES string of the molecule is Cc1c(N2C[C@@H]3[C@@H]([C@@H]4C=C[C@H]3CC4)S2(=O)=O)ccc(C#N)c1Cl. The number of hydrogen-bond donors (Lipinski definition) is 0. The lowest BCUT2D eigenvalue weighted by Gasteiger charge is -2.39. The van der Waals surface area contributed by atoms with Gasteiger partial charge < -0.3 is 0 Å². The van der Waals surface area contributed by atoms with Gasteiger partial charge in [0, 0.05) is 12.5 Å². The molecule has 120 valence electrons. The van der Waals surface area contributed by atoms with Gasteiger partial charge in [0.25, 0.3) is 0 Å². The first kappa shape index (κ1) is 15.0. The van der Waals surface area contributed by atoms with Gasteiger partial charge in [-0.1, -0.05) is 23.8 Å². The van der Waals surface area contributed by atoms with E-state index in [2.05, 4.69) is 12.2 Å². The summed E-state index contributed by atoms with van der Waals surface area (Å²) in [6.07, 6.45) is 6.34. The van der Waals surface area contributed by atoms with Gasteiger partial charge in [-0.3, -0.25) is 4.31 Å². The highest BCUT2D eigenvalue weighted by molar-refractivity contribution is 7.93. The number of hydrogen-bond acceptors (Lipinski definition) is 3. The molecule has 1 heterocycles. The van der Waals surface area contributed by atoms with Crippen molar-refractivity contribution >= 4 is 27.3 Å². The lowest BCUT2D eigenvalue weighted by atomic mass is 9.69. The number of rotatable bonds is 1. The molecule has 0 spiro atoms. The normalized spacial score (nSPS) is 33.5. The highest BCUT2D eigenvalue weighted by Crippen LogP contribution is 2.50. The Labute approximate surface area is 141 Å². The lowest BCUT2D eigenvalue weighted by Crippen LogP contribution is -2.42. The first-order valence-corrected chi connectivity index (χ1v) is 9.72. The van der Waals surface area contributed by atoms with Crippen LogP contribution in [0.3, 0.4) is 0 Å². The molecule has 2 bridgehead atoms. The third-order valence-corrected chi connectivity index (χ3v) is 8.44. The van der Waals surface area contributed by atoms with E-state index in [1.54, 1.807) is 19.1 Å². The summed E-state index contributed by atoms with van der Waals surface area (Å²) in [5, 5.41) is 9.11. The molecule has 3 aliphatic carbocycles. The van der Waals surface area contributed by atoms with Gasteiger partial charge in [0.2, 0.25) is 10.0 Å². The minimum Gasteiger partial charge on any atom is -0.269 e. The van der Waals surface area contributed by atoms with E-state index < -0.39 is 10.0 Å². The summed E-state index contributed by atoms with van der Waals surface area (Å²) >= 11 is 6.24. The Morgan fingerprint density at radius 1 is 1.26 bits per heavy atom. The molecule has 1 saturated heterocycles. The third kappa shape index (κ3) is 1.98. The van der Waals surface area contributed by atoms with Crippen molar-refractivity contribution in [2.75, 3.05) is 10.8 Å². The van der Waals surface area contributed by atoms with Crippen LogP contribution >= 0.6 is 11.6 Å². The van der Waals surface area contributed by atoms with E-state index in [9.17, 15) is 8.42 Å². The van der Waals surface area contributed by atoms with Crippen LogP contribution in [0.2, 0.25) is 5.02 Å². The molecule has 5 rings (SSSR count). The number of fused-ring (bicyclic) bond motifs is 1. The van der Waals surface area contributed by atoms with Crippen LogP contribution in [0.5, 0.6) is 0 Å². The van der Waals surface area contributed by atoms with Crippen LogP contribution in [0.25, 0.3) is 0 Å². The molecule has 0 amide bonds. The first-order valence-electron chi connectivity index (χ1n) is 7.84. The maximum atomic E-state index is 13.1. The molecule has 4 aliphatic rings. The van der Waals surface area contributed by atoms with Crippen molar-refractivity contribution < 1.29 is 8.42 Å². The Morgan fingerprint density at radius 3 is 2.57 bits per heavy atom. The predicted molar refractivity (Wildman–Crippen MR) is 89.8 cm³/mol. The Hall–Kier alpha value is -1.51. The van der Waals surface area contributed by atoms with Crippen LogP contribution in [0.1, 0.15) is 24.0 Å². The molecule has 0 unspecified atom stereocenters. The number of nitriles is 1. The first-order chi connectivity index (χ1) is 10.9. The van der Waals surface area contributed by atoms with E-state index in [1.807, 2.05) is 6.07 Å². The summed E-state index contributed by atoms with van der Waals surface area (Å²) in [5.74, 6) is 0.658. The molecule has 23 heavy (non-hydrogen) atoms. The number of benzene rings is 1. The maximum absolute atomic E-state index is 13.1. The van der Waals surface area contributed by atoms with Gasteiger partial charge in [-0.15, -0.1) is 0 Å². The second kappa shape index (κ2) is 4.99. The molecule has 1 aromatic carbocycles. The third-order valence-electron chi connectivity index (χ3n) is 5.61. The van der Waals surface area contributed by atoms with Crippen LogP contribution in [0, 0.1) is 36.0 Å². The highest BCUT2D eigenvalue weighted by atomic mass is 35.5. The molecule has 0 N–H and O–H groups in total. The molecule has 4 nitrogen and oxygen atoms in total. The summed E-state index contributed by atoms with van der Waals surface area (Å²) in [7, 11) is -3.39. The zero-order valence-corrected chi connectivity index (χ0v) is 14.3. The second-order valence-corrected chi connectivity index (χ2v) is 9.07. The van der Waals surface area contributed by atoms with Gasteiger partial charge in [-0.05, 0) is 49.3 Å². The molecular weight excluding hydrogens is 332 g/mol. The minimum atomic E-state index is -3.39. The van der Waals surface area contributed by atoms with Crippen LogP contribution in [-0.2, 0) is 10.0 Å². The van der Waals surface area contributed by atoms with E-state index in [1.165, 1.54) is 4.31 Å². The molecule has 0 aromatic heterocycles. The predicted octanol–water partition coefficient (Wildman–Crippen LogP) is 3.25. The standard InChI is InChI=1S/C17H17ClN2O2S/c1-10-15(7-6-13(8-19)16(10)18)20-9-14-11-2-4-12(5-3-11)17(14)23(20,21)22/h2,4,6-7,11-12,14,17H,3,5,9H2,1H3/t11-,12+,14-,17+/m0/s1. The minimum absolute atomic E-state index is 0.133. The smallest absolute Gasteiger partial charge is 0.239 e. The fraction of sp³-hybridized carbons (Fsp3) is 0.471. The molecule has 4 atom stereocenters. The van der Waals surface area contributed by atoms with Gasteiger partial charge in [0.05, 0.1) is 21.5 Å². The Morgan fingerprint density at radius 2 is 1.96 bits per heavy atom. The zero-order chi connectivity index (χ0) is 16.4. The quantitative estimate of drug-likeness (QED) is 0.732.